The van der Waals surface area contributed by atoms with E-state index in [1.54, 1.807) is 11.9 Å². The summed E-state index contributed by atoms with van der Waals surface area (Å²) in [6, 6.07) is 27.6. The number of hydrogen-bond donors (Lipinski definition) is 1. The first-order valence-electron chi connectivity index (χ1n) is 14.6. The zero-order chi connectivity index (χ0) is 28.6. The Balaban J connectivity index is 1.24. The molecule has 1 N–H and O–H groups in total. The van der Waals surface area contributed by atoms with Gasteiger partial charge in [0.05, 0.1) is 17.1 Å². The standard InChI is InChI=1S/C36H40N4S/c1-26-15-20-30(21-16-26)34-35(31-22-17-27(2)18-23-31)38-36-33(37-34)24-19-29(4)40(36)25-11-6-5-8-12-28(3)39-41-32-13-9-7-10-14-32/h7,9-10,13-18,20-23,39H,3-6,8,11-12,19,24-25H2,1-2H3. The van der Waals surface area contributed by atoms with Crippen molar-refractivity contribution in [1.82, 2.24) is 14.7 Å². The molecular formula is C36H40N4S. The van der Waals surface area contributed by atoms with Crippen LogP contribution in [0.3, 0.4) is 0 Å². The van der Waals surface area contributed by atoms with Crippen molar-refractivity contribution in [2.75, 3.05) is 11.4 Å². The molecular weight excluding hydrogens is 520 g/mol. The quantitative estimate of drug-likeness (QED) is 0.138. The lowest BCUT2D eigenvalue weighted by atomic mass is 10.00. The maximum Gasteiger partial charge on any atom is 0.155 e. The van der Waals surface area contributed by atoms with Crippen molar-refractivity contribution in [3.63, 3.8) is 0 Å². The highest BCUT2D eigenvalue weighted by molar-refractivity contribution is 7.97. The lowest BCUT2D eigenvalue weighted by Gasteiger charge is -2.32. The number of rotatable bonds is 12. The molecule has 3 aromatic carbocycles. The van der Waals surface area contributed by atoms with E-state index in [2.05, 4.69) is 109 Å². The minimum absolute atomic E-state index is 0.876. The van der Waals surface area contributed by atoms with Crippen LogP contribution in [0.15, 0.2) is 108 Å². The van der Waals surface area contributed by atoms with Gasteiger partial charge in [-0.1, -0.05) is 104 Å². The number of hydrogen-bond acceptors (Lipinski definition) is 5. The maximum atomic E-state index is 5.31. The van der Waals surface area contributed by atoms with Crippen molar-refractivity contribution in [2.24, 2.45) is 0 Å². The number of aryl methyl sites for hydroxylation is 3. The van der Waals surface area contributed by atoms with Gasteiger partial charge in [0.1, 0.15) is 0 Å². The molecule has 0 saturated heterocycles. The number of allylic oxidation sites excluding steroid dienone is 2. The van der Waals surface area contributed by atoms with E-state index in [1.807, 2.05) is 6.07 Å². The second-order valence-corrected chi connectivity index (χ2v) is 11.8. The number of anilines is 1. The van der Waals surface area contributed by atoms with E-state index in [4.69, 9.17) is 9.97 Å². The summed E-state index contributed by atoms with van der Waals surface area (Å²) in [7, 11) is 0. The fourth-order valence-corrected chi connectivity index (χ4v) is 5.77. The molecule has 5 rings (SSSR count). The van der Waals surface area contributed by atoms with Crippen LogP contribution in [0.1, 0.15) is 55.3 Å². The second kappa shape index (κ2) is 13.7. The molecule has 4 nitrogen and oxygen atoms in total. The number of unbranched alkanes of at least 4 members (excludes halogenated alkanes) is 3. The molecule has 0 saturated carbocycles. The highest BCUT2D eigenvalue weighted by Crippen LogP contribution is 2.37. The van der Waals surface area contributed by atoms with Gasteiger partial charge in [-0.15, -0.1) is 0 Å². The fourth-order valence-electron chi connectivity index (χ4n) is 5.11. The molecule has 4 aromatic rings. The van der Waals surface area contributed by atoms with Crippen molar-refractivity contribution in [3.05, 3.63) is 120 Å². The highest BCUT2D eigenvalue weighted by Gasteiger charge is 2.25. The summed E-state index contributed by atoms with van der Waals surface area (Å²) in [5.41, 5.74) is 9.87. The maximum absolute atomic E-state index is 5.31. The van der Waals surface area contributed by atoms with Gasteiger partial charge >= 0.3 is 0 Å². The molecule has 1 aliphatic heterocycles. The predicted molar refractivity (Wildman–Crippen MR) is 175 cm³/mol. The minimum atomic E-state index is 0.876. The topological polar surface area (TPSA) is 41.1 Å². The summed E-state index contributed by atoms with van der Waals surface area (Å²) in [5.74, 6) is 0.975. The normalized spacial score (nSPS) is 12.7. The van der Waals surface area contributed by atoms with Gasteiger partial charge in [0, 0.05) is 34.0 Å². The third-order valence-corrected chi connectivity index (χ3v) is 8.45. The van der Waals surface area contributed by atoms with Crippen LogP contribution in [0.5, 0.6) is 0 Å². The third kappa shape index (κ3) is 7.47. The van der Waals surface area contributed by atoms with E-state index in [0.29, 0.717) is 0 Å². The summed E-state index contributed by atoms with van der Waals surface area (Å²) in [6.45, 7) is 13.8. The average molecular weight is 561 g/mol. The molecule has 2 heterocycles. The van der Waals surface area contributed by atoms with Crippen molar-refractivity contribution >= 4 is 17.8 Å². The van der Waals surface area contributed by atoms with E-state index in [0.717, 1.165) is 90.5 Å². The average Bonchev–Trinajstić information content (AvgIpc) is 2.99. The summed E-state index contributed by atoms with van der Waals surface area (Å²) in [4.78, 5) is 14.1. The van der Waals surface area contributed by atoms with Crippen LogP contribution in [0.2, 0.25) is 0 Å². The SMILES string of the molecule is C=C(CCCCCCN1C(=C)CCc2nc(-c3ccc(C)cc3)c(-c3ccc(C)cc3)nc21)NSc1ccccc1. The van der Waals surface area contributed by atoms with Crippen LogP contribution in [-0.2, 0) is 6.42 Å². The molecule has 0 bridgehead atoms. The van der Waals surface area contributed by atoms with Crippen LogP contribution in [0.25, 0.3) is 22.5 Å². The first-order chi connectivity index (χ1) is 20.0. The van der Waals surface area contributed by atoms with E-state index < -0.39 is 0 Å². The number of benzene rings is 3. The Bertz CT molecular complexity index is 1480. The molecule has 1 aliphatic rings. The molecule has 0 spiro atoms. The molecule has 210 valence electrons. The summed E-state index contributed by atoms with van der Waals surface area (Å²) < 4.78 is 3.39. The number of nitrogens with zero attached hydrogens (tertiary/aromatic N) is 3. The Hall–Kier alpha value is -3.83. The Morgan fingerprint density at radius 1 is 0.780 bits per heavy atom. The Morgan fingerprint density at radius 3 is 2.05 bits per heavy atom. The van der Waals surface area contributed by atoms with Crippen molar-refractivity contribution in [1.29, 1.82) is 0 Å². The minimum Gasteiger partial charge on any atom is -0.330 e. The van der Waals surface area contributed by atoms with Gasteiger partial charge in [-0.05, 0) is 70.0 Å². The fraction of sp³-hybridized carbons (Fsp3) is 0.278. The number of fused-ring (bicyclic) bond motifs is 1. The zero-order valence-electron chi connectivity index (χ0n) is 24.3. The third-order valence-electron chi connectivity index (χ3n) is 7.55. The van der Waals surface area contributed by atoms with E-state index in [1.165, 1.54) is 22.4 Å². The lowest BCUT2D eigenvalue weighted by Crippen LogP contribution is -2.30. The van der Waals surface area contributed by atoms with Crippen LogP contribution in [0.4, 0.5) is 5.82 Å². The Labute approximate surface area is 249 Å². The van der Waals surface area contributed by atoms with Gasteiger partial charge in [0.2, 0.25) is 0 Å². The Morgan fingerprint density at radius 2 is 1.39 bits per heavy atom. The highest BCUT2D eigenvalue weighted by atomic mass is 32.2. The lowest BCUT2D eigenvalue weighted by molar-refractivity contribution is 0.620. The molecule has 0 amide bonds. The molecule has 41 heavy (non-hydrogen) atoms. The van der Waals surface area contributed by atoms with Crippen LogP contribution in [-0.4, -0.2) is 16.5 Å². The first kappa shape index (κ1) is 28.7. The van der Waals surface area contributed by atoms with E-state index in [-0.39, 0.29) is 0 Å². The molecule has 0 atom stereocenters. The van der Waals surface area contributed by atoms with Crippen molar-refractivity contribution in [3.8, 4) is 22.5 Å². The van der Waals surface area contributed by atoms with Gasteiger partial charge in [-0.25, -0.2) is 9.97 Å². The largest absolute Gasteiger partial charge is 0.330 e. The Kier molecular flexibility index (Phi) is 9.58. The summed E-state index contributed by atoms with van der Waals surface area (Å²) >= 11 is 1.63. The second-order valence-electron chi connectivity index (χ2n) is 10.9. The van der Waals surface area contributed by atoms with Gasteiger partial charge in [0.25, 0.3) is 0 Å². The molecule has 5 heteroatoms. The van der Waals surface area contributed by atoms with Crippen molar-refractivity contribution < 1.29 is 0 Å². The first-order valence-corrected chi connectivity index (χ1v) is 15.5. The van der Waals surface area contributed by atoms with Crippen molar-refractivity contribution in [2.45, 2.75) is 63.7 Å². The molecule has 1 aromatic heterocycles. The summed E-state index contributed by atoms with van der Waals surface area (Å²) in [5, 5.41) is 0. The molecule has 0 unspecified atom stereocenters. The van der Waals surface area contributed by atoms with E-state index >= 15 is 0 Å². The van der Waals surface area contributed by atoms with Gasteiger partial charge in [-0.3, -0.25) is 0 Å². The number of nitrogens with one attached hydrogen (secondary N) is 1. The van der Waals surface area contributed by atoms with Crippen LogP contribution < -0.4 is 9.62 Å². The monoisotopic (exact) mass is 560 g/mol. The zero-order valence-corrected chi connectivity index (χ0v) is 25.1. The molecule has 0 fully saturated rings. The number of aromatic nitrogens is 2. The van der Waals surface area contributed by atoms with Crippen LogP contribution in [0, 0.1) is 13.8 Å². The molecule has 0 aliphatic carbocycles. The van der Waals surface area contributed by atoms with E-state index in [9.17, 15) is 0 Å². The van der Waals surface area contributed by atoms with Crippen LogP contribution >= 0.6 is 11.9 Å². The van der Waals surface area contributed by atoms with Gasteiger partial charge in [0.15, 0.2) is 5.82 Å². The molecule has 0 radical (unpaired) electrons. The smallest absolute Gasteiger partial charge is 0.155 e. The predicted octanol–water partition coefficient (Wildman–Crippen LogP) is 9.45. The summed E-state index contributed by atoms with van der Waals surface area (Å²) in [6.07, 6.45) is 7.36. The van der Waals surface area contributed by atoms with Gasteiger partial charge in [-0.2, -0.15) is 0 Å². The van der Waals surface area contributed by atoms with Gasteiger partial charge < -0.3 is 9.62 Å².